The summed E-state index contributed by atoms with van der Waals surface area (Å²) in [6, 6.07) is 22.4. The van der Waals surface area contributed by atoms with Crippen LogP contribution in [0.2, 0.25) is 0 Å². The number of hydrogen-bond donors (Lipinski definition) is 1. The Balaban J connectivity index is 1.42. The van der Waals surface area contributed by atoms with Gasteiger partial charge in [-0.05, 0) is 60.5 Å². The lowest BCUT2D eigenvalue weighted by atomic mass is 9.94. The molecule has 2 aliphatic rings. The molecule has 0 saturated carbocycles. The van der Waals surface area contributed by atoms with Gasteiger partial charge in [0.1, 0.15) is 31.3 Å². The third-order valence-corrected chi connectivity index (χ3v) is 7.08. The van der Waals surface area contributed by atoms with Crippen molar-refractivity contribution in [2.75, 3.05) is 19.8 Å². The Labute approximate surface area is 242 Å². The van der Waals surface area contributed by atoms with Crippen LogP contribution in [0.3, 0.4) is 0 Å². The number of rotatable bonds is 9. The van der Waals surface area contributed by atoms with Crippen LogP contribution in [0.15, 0.2) is 95.1 Å². The number of benzene rings is 3. The van der Waals surface area contributed by atoms with Crippen molar-refractivity contribution < 1.29 is 38.1 Å². The first-order chi connectivity index (χ1) is 20.5. The molecule has 3 heterocycles. The first-order valence-corrected chi connectivity index (χ1v) is 13.7. The van der Waals surface area contributed by atoms with Crippen LogP contribution in [0, 0.1) is 0 Å². The number of likely N-dealkylation sites (tertiary alicyclic amines) is 1. The highest BCUT2D eigenvalue weighted by molar-refractivity contribution is 6.46. The Morgan fingerprint density at radius 1 is 0.905 bits per heavy atom. The molecular formula is C33H29NO8. The second kappa shape index (κ2) is 11.7. The molecule has 3 aromatic carbocycles. The third kappa shape index (κ3) is 5.28. The van der Waals surface area contributed by atoms with Crippen molar-refractivity contribution in [1.82, 2.24) is 4.90 Å². The minimum atomic E-state index is -0.925. The predicted octanol–water partition coefficient (Wildman–Crippen LogP) is 5.65. The first kappa shape index (κ1) is 27.0. The van der Waals surface area contributed by atoms with E-state index in [1.165, 1.54) is 11.2 Å². The monoisotopic (exact) mass is 567 g/mol. The van der Waals surface area contributed by atoms with Crippen LogP contribution >= 0.6 is 0 Å². The molecule has 9 heteroatoms. The molecule has 9 nitrogen and oxygen atoms in total. The van der Waals surface area contributed by atoms with Gasteiger partial charge in [-0.15, -0.1) is 0 Å². The number of aliphatic hydroxyl groups is 1. The number of ketones is 1. The maximum atomic E-state index is 13.5. The number of amides is 1. The molecule has 0 aliphatic carbocycles. The summed E-state index contributed by atoms with van der Waals surface area (Å²) in [6.45, 7) is 3.37. The minimum absolute atomic E-state index is 0.0242. The van der Waals surface area contributed by atoms with E-state index in [2.05, 4.69) is 0 Å². The third-order valence-electron chi connectivity index (χ3n) is 7.08. The van der Waals surface area contributed by atoms with Crippen LogP contribution in [-0.4, -0.2) is 41.5 Å². The van der Waals surface area contributed by atoms with Gasteiger partial charge in [-0.1, -0.05) is 36.4 Å². The molecule has 4 aromatic rings. The lowest BCUT2D eigenvalue weighted by molar-refractivity contribution is -0.140. The van der Waals surface area contributed by atoms with Gasteiger partial charge in [0.05, 0.1) is 31.0 Å². The molecule has 1 aromatic heterocycles. The summed E-state index contributed by atoms with van der Waals surface area (Å²) in [5.74, 6) is 0.575. The molecule has 0 radical (unpaired) electrons. The Hall–Kier alpha value is -5.18. The topological polar surface area (TPSA) is 108 Å². The zero-order valence-electron chi connectivity index (χ0n) is 22.9. The van der Waals surface area contributed by atoms with Gasteiger partial charge in [0.25, 0.3) is 11.7 Å². The van der Waals surface area contributed by atoms with E-state index in [1.807, 2.05) is 37.3 Å². The van der Waals surface area contributed by atoms with Crippen molar-refractivity contribution in [1.29, 1.82) is 0 Å². The maximum Gasteiger partial charge on any atom is 0.296 e. The second-order valence-corrected chi connectivity index (χ2v) is 9.78. The molecule has 6 rings (SSSR count). The molecule has 42 heavy (non-hydrogen) atoms. The van der Waals surface area contributed by atoms with Crippen molar-refractivity contribution in [3.8, 4) is 23.0 Å². The summed E-state index contributed by atoms with van der Waals surface area (Å²) in [6.07, 6.45) is 1.50. The van der Waals surface area contributed by atoms with Gasteiger partial charge < -0.3 is 33.4 Å². The lowest BCUT2D eigenvalue weighted by Crippen LogP contribution is -2.29. The lowest BCUT2D eigenvalue weighted by Gasteiger charge is -2.25. The number of nitrogens with zero attached hydrogens (tertiary/aromatic N) is 1. The smallest absolute Gasteiger partial charge is 0.296 e. The average molecular weight is 568 g/mol. The fourth-order valence-electron chi connectivity index (χ4n) is 5.12. The number of hydrogen-bond acceptors (Lipinski definition) is 8. The van der Waals surface area contributed by atoms with Gasteiger partial charge in [-0.3, -0.25) is 9.59 Å². The van der Waals surface area contributed by atoms with E-state index in [4.69, 9.17) is 23.4 Å². The van der Waals surface area contributed by atoms with Crippen LogP contribution < -0.4 is 18.9 Å². The highest BCUT2D eigenvalue weighted by Crippen LogP contribution is 2.44. The molecule has 0 spiro atoms. The van der Waals surface area contributed by atoms with Crippen molar-refractivity contribution in [2.24, 2.45) is 0 Å². The number of Topliss-reactive ketones (excluding diaryl/α,β-unsaturated/α-hetero) is 1. The highest BCUT2D eigenvalue weighted by Gasteiger charge is 2.46. The zero-order chi connectivity index (χ0) is 29.1. The minimum Gasteiger partial charge on any atom is -0.507 e. The fourth-order valence-corrected chi connectivity index (χ4v) is 5.12. The maximum absolute atomic E-state index is 13.5. The molecule has 1 amide bonds. The Kier molecular flexibility index (Phi) is 7.55. The van der Waals surface area contributed by atoms with Crippen molar-refractivity contribution in [2.45, 2.75) is 26.1 Å². The zero-order valence-corrected chi connectivity index (χ0v) is 22.9. The summed E-state index contributed by atoms with van der Waals surface area (Å²) in [7, 11) is 0. The summed E-state index contributed by atoms with van der Waals surface area (Å²) in [5.41, 5.74) is 1.84. The average Bonchev–Trinajstić information content (AvgIpc) is 3.63. The van der Waals surface area contributed by atoms with Crippen LogP contribution in [0.25, 0.3) is 5.76 Å². The summed E-state index contributed by atoms with van der Waals surface area (Å²) in [4.78, 5) is 28.3. The molecule has 2 aliphatic heterocycles. The summed E-state index contributed by atoms with van der Waals surface area (Å²) in [5, 5.41) is 11.5. The van der Waals surface area contributed by atoms with Gasteiger partial charge in [0.15, 0.2) is 23.0 Å². The van der Waals surface area contributed by atoms with E-state index in [0.717, 1.165) is 5.56 Å². The predicted molar refractivity (Wildman–Crippen MR) is 152 cm³/mol. The van der Waals surface area contributed by atoms with Gasteiger partial charge >= 0.3 is 0 Å². The van der Waals surface area contributed by atoms with E-state index < -0.39 is 17.7 Å². The fraction of sp³-hybridized carbons (Fsp3) is 0.212. The second-order valence-electron chi connectivity index (χ2n) is 9.78. The Morgan fingerprint density at radius 3 is 2.48 bits per heavy atom. The van der Waals surface area contributed by atoms with Crippen LogP contribution in [0.1, 0.15) is 35.4 Å². The SMILES string of the molecule is CCOc1cc(C2/C(=C(/O)c3ccc4c(c3)OCCO4)C(=O)C(=O)N2Cc2ccco2)ccc1OCc1ccccc1. The van der Waals surface area contributed by atoms with E-state index in [9.17, 15) is 14.7 Å². The molecule has 1 atom stereocenters. The van der Waals surface area contributed by atoms with E-state index in [0.29, 0.717) is 66.3 Å². The van der Waals surface area contributed by atoms with Crippen molar-refractivity contribution >= 4 is 17.4 Å². The van der Waals surface area contributed by atoms with Crippen molar-refractivity contribution in [3.05, 3.63) is 113 Å². The summed E-state index contributed by atoms with van der Waals surface area (Å²) < 4.78 is 28.8. The van der Waals surface area contributed by atoms with Gasteiger partial charge in [-0.25, -0.2) is 0 Å². The van der Waals surface area contributed by atoms with E-state index >= 15 is 0 Å². The number of carbonyl (C=O) groups is 2. The van der Waals surface area contributed by atoms with Crippen LogP contribution in [0.5, 0.6) is 23.0 Å². The molecule has 0 bridgehead atoms. The quantitative estimate of drug-likeness (QED) is 0.157. The van der Waals surface area contributed by atoms with E-state index in [-0.39, 0.29) is 17.9 Å². The largest absolute Gasteiger partial charge is 0.507 e. The number of furan rings is 1. The van der Waals surface area contributed by atoms with Crippen LogP contribution in [-0.2, 0) is 22.7 Å². The number of fused-ring (bicyclic) bond motifs is 1. The van der Waals surface area contributed by atoms with Gasteiger partial charge in [0, 0.05) is 5.56 Å². The Bertz CT molecular complexity index is 1630. The van der Waals surface area contributed by atoms with Gasteiger partial charge in [-0.2, -0.15) is 0 Å². The molecule has 214 valence electrons. The highest BCUT2D eigenvalue weighted by atomic mass is 16.6. The number of ether oxygens (including phenoxy) is 4. The number of aliphatic hydroxyl groups excluding tert-OH is 1. The molecule has 1 unspecified atom stereocenters. The van der Waals surface area contributed by atoms with Gasteiger partial charge in [0.2, 0.25) is 0 Å². The normalized spacial score (nSPS) is 17.4. The van der Waals surface area contributed by atoms with E-state index in [1.54, 1.807) is 48.5 Å². The molecular weight excluding hydrogens is 538 g/mol. The molecule has 1 saturated heterocycles. The standard InChI is InChI=1S/C33H29NO8/c1-2-38-27-17-22(10-12-26(27)42-20-21-7-4-3-5-8-21)30-29(32(36)33(37)34(30)19-24-9-6-14-39-24)31(35)23-11-13-25-28(18-23)41-16-15-40-25/h3-14,17-18,30,35H,2,15-16,19-20H2,1H3/b31-29-. The summed E-state index contributed by atoms with van der Waals surface area (Å²) >= 11 is 0. The molecule has 1 N–H and O–H groups in total. The molecule has 1 fully saturated rings. The first-order valence-electron chi connectivity index (χ1n) is 13.7. The Morgan fingerprint density at radius 2 is 1.71 bits per heavy atom. The van der Waals surface area contributed by atoms with Crippen LogP contribution in [0.4, 0.5) is 0 Å². The number of carbonyl (C=O) groups excluding carboxylic acids is 2. The van der Waals surface area contributed by atoms with Crippen molar-refractivity contribution in [3.63, 3.8) is 0 Å².